The normalized spacial score (nSPS) is 12.0. The third kappa shape index (κ3) is 5.11. The van der Waals surface area contributed by atoms with Gasteiger partial charge >= 0.3 is 0 Å². The summed E-state index contributed by atoms with van der Waals surface area (Å²) in [6.45, 7) is 5.82. The monoisotopic (exact) mass is 363 g/mol. The lowest BCUT2D eigenvalue weighted by Gasteiger charge is -2.18. The number of rotatable bonds is 8. The summed E-state index contributed by atoms with van der Waals surface area (Å²) in [7, 11) is 0. The number of hydrogen-bond donors (Lipinski definition) is 4. The maximum atomic E-state index is 11.6. The first-order chi connectivity index (χ1) is 11.8. The van der Waals surface area contributed by atoms with Crippen molar-refractivity contribution in [1.29, 1.82) is 0 Å². The van der Waals surface area contributed by atoms with E-state index in [0.717, 1.165) is 5.69 Å². The van der Waals surface area contributed by atoms with Crippen molar-refractivity contribution >= 4 is 40.0 Å². The molecule has 25 heavy (non-hydrogen) atoms. The molecule has 0 bridgehead atoms. The number of primary amides is 2. The van der Waals surface area contributed by atoms with Gasteiger partial charge in [-0.25, -0.2) is 9.97 Å². The average Bonchev–Trinajstić information content (AvgIpc) is 2.91. The molecule has 0 aliphatic carbocycles. The van der Waals surface area contributed by atoms with E-state index in [1.807, 2.05) is 26.8 Å². The molecule has 0 saturated heterocycles. The maximum absolute atomic E-state index is 11.6. The number of carbonyl (C=O) groups is 2. The van der Waals surface area contributed by atoms with Gasteiger partial charge in [-0.1, -0.05) is 13.8 Å². The van der Waals surface area contributed by atoms with Crippen LogP contribution in [0.15, 0.2) is 12.3 Å². The minimum Gasteiger partial charge on any atom is -0.368 e. The zero-order valence-electron chi connectivity index (χ0n) is 14.2. The Hall–Kier alpha value is -2.75. The topological polar surface area (TPSA) is 149 Å². The Balaban J connectivity index is 2.29. The van der Waals surface area contributed by atoms with Crippen LogP contribution in [0.25, 0.3) is 0 Å². The van der Waals surface area contributed by atoms with Crippen LogP contribution in [0, 0.1) is 12.8 Å². The van der Waals surface area contributed by atoms with E-state index in [9.17, 15) is 9.59 Å². The molecule has 2 amide bonds. The molecule has 6 N–H and O–H groups in total. The lowest BCUT2D eigenvalue weighted by Crippen LogP contribution is -2.37. The van der Waals surface area contributed by atoms with Gasteiger partial charge in [0, 0.05) is 0 Å². The molecule has 1 atom stereocenters. The van der Waals surface area contributed by atoms with Crippen molar-refractivity contribution in [2.75, 3.05) is 10.6 Å². The standard InChI is InChI=1S/C15H21N7O2S/c1-7(2)4-9(13(16)23)19-10-6-18-12(14(17)24)15(20-10)21-11-5-8(3)22-25-11/h5-7,9H,4H2,1-3H3,(H2,16,23)(H2,17,24)(H2,19,20,21). The predicted molar refractivity (Wildman–Crippen MR) is 96.7 cm³/mol. The molecular formula is C15H21N7O2S. The molecular weight excluding hydrogens is 342 g/mol. The Labute approximate surface area is 149 Å². The predicted octanol–water partition coefficient (Wildman–Crippen LogP) is 1.40. The van der Waals surface area contributed by atoms with E-state index in [2.05, 4.69) is 25.0 Å². The second kappa shape index (κ2) is 7.88. The average molecular weight is 363 g/mol. The number of nitrogens with one attached hydrogen (secondary N) is 2. The number of aryl methyl sites for hydroxylation is 1. The van der Waals surface area contributed by atoms with Crippen molar-refractivity contribution in [3.05, 3.63) is 23.7 Å². The van der Waals surface area contributed by atoms with Crippen LogP contribution in [-0.4, -0.2) is 32.2 Å². The fraction of sp³-hybridized carbons (Fsp3) is 0.400. The summed E-state index contributed by atoms with van der Waals surface area (Å²) < 4.78 is 4.15. The molecule has 2 aromatic heterocycles. The van der Waals surface area contributed by atoms with Crippen molar-refractivity contribution in [1.82, 2.24) is 14.3 Å². The number of nitrogens with zero attached hydrogens (tertiary/aromatic N) is 3. The van der Waals surface area contributed by atoms with E-state index in [1.54, 1.807) is 0 Å². The molecule has 134 valence electrons. The van der Waals surface area contributed by atoms with Gasteiger partial charge in [0.25, 0.3) is 5.91 Å². The van der Waals surface area contributed by atoms with Crippen molar-refractivity contribution in [2.45, 2.75) is 33.2 Å². The van der Waals surface area contributed by atoms with Gasteiger partial charge in [-0.3, -0.25) is 9.59 Å². The molecule has 10 heteroatoms. The number of hydrogen-bond acceptors (Lipinski definition) is 8. The first-order valence-electron chi connectivity index (χ1n) is 7.69. The van der Waals surface area contributed by atoms with E-state index in [0.29, 0.717) is 17.2 Å². The number of aromatic nitrogens is 3. The Morgan fingerprint density at radius 1 is 1.32 bits per heavy atom. The Kier molecular flexibility index (Phi) is 5.86. The molecule has 2 rings (SSSR count). The summed E-state index contributed by atoms with van der Waals surface area (Å²) in [6.07, 6.45) is 1.89. The van der Waals surface area contributed by atoms with Gasteiger partial charge in [-0.2, -0.15) is 4.37 Å². The van der Waals surface area contributed by atoms with E-state index in [1.165, 1.54) is 17.7 Å². The van der Waals surface area contributed by atoms with Crippen LogP contribution in [0.4, 0.5) is 16.6 Å². The van der Waals surface area contributed by atoms with Crippen molar-refractivity contribution in [2.24, 2.45) is 17.4 Å². The number of anilines is 3. The number of carbonyl (C=O) groups excluding carboxylic acids is 2. The van der Waals surface area contributed by atoms with Crippen LogP contribution in [0.1, 0.15) is 36.5 Å². The highest BCUT2D eigenvalue weighted by atomic mass is 32.1. The molecule has 0 fully saturated rings. The largest absolute Gasteiger partial charge is 0.368 e. The van der Waals surface area contributed by atoms with Crippen LogP contribution >= 0.6 is 11.5 Å². The van der Waals surface area contributed by atoms with Crippen LogP contribution in [-0.2, 0) is 4.79 Å². The van der Waals surface area contributed by atoms with Gasteiger partial charge in [0.05, 0.1) is 11.9 Å². The molecule has 0 aliphatic heterocycles. The van der Waals surface area contributed by atoms with Gasteiger partial charge in [0.2, 0.25) is 5.91 Å². The molecule has 1 unspecified atom stereocenters. The molecule has 9 nitrogen and oxygen atoms in total. The maximum Gasteiger partial charge on any atom is 0.271 e. The summed E-state index contributed by atoms with van der Waals surface area (Å²) in [5.74, 6) is -0.425. The van der Waals surface area contributed by atoms with Gasteiger partial charge < -0.3 is 22.1 Å². The minimum absolute atomic E-state index is 0.00362. The second-order valence-electron chi connectivity index (χ2n) is 6.00. The first-order valence-corrected chi connectivity index (χ1v) is 8.46. The van der Waals surface area contributed by atoms with Crippen LogP contribution in [0.3, 0.4) is 0 Å². The highest BCUT2D eigenvalue weighted by Crippen LogP contribution is 2.23. The fourth-order valence-electron chi connectivity index (χ4n) is 2.16. The zero-order chi connectivity index (χ0) is 18.6. The van der Waals surface area contributed by atoms with Crippen LogP contribution < -0.4 is 22.1 Å². The van der Waals surface area contributed by atoms with E-state index in [-0.39, 0.29) is 17.4 Å². The number of amides is 2. The third-order valence-electron chi connectivity index (χ3n) is 3.25. The van der Waals surface area contributed by atoms with Gasteiger partial charge in [0.15, 0.2) is 11.5 Å². The second-order valence-corrected chi connectivity index (χ2v) is 6.81. The van der Waals surface area contributed by atoms with Crippen LogP contribution in [0.2, 0.25) is 0 Å². The zero-order valence-corrected chi connectivity index (χ0v) is 15.1. The van der Waals surface area contributed by atoms with E-state index in [4.69, 9.17) is 11.5 Å². The lowest BCUT2D eigenvalue weighted by atomic mass is 10.0. The Morgan fingerprint density at radius 3 is 2.56 bits per heavy atom. The highest BCUT2D eigenvalue weighted by Gasteiger charge is 2.19. The Bertz CT molecular complexity index is 775. The van der Waals surface area contributed by atoms with Crippen LogP contribution in [0.5, 0.6) is 0 Å². The summed E-state index contributed by atoms with van der Waals surface area (Å²) in [6, 6.07) is 1.22. The lowest BCUT2D eigenvalue weighted by molar-refractivity contribution is -0.119. The minimum atomic E-state index is -0.712. The molecule has 0 aromatic carbocycles. The third-order valence-corrected chi connectivity index (χ3v) is 4.04. The van der Waals surface area contributed by atoms with E-state index >= 15 is 0 Å². The van der Waals surface area contributed by atoms with Crippen molar-refractivity contribution in [3.8, 4) is 0 Å². The van der Waals surface area contributed by atoms with Crippen molar-refractivity contribution < 1.29 is 9.59 Å². The summed E-state index contributed by atoms with van der Waals surface area (Å²) in [5, 5.41) is 6.63. The molecule has 0 spiro atoms. The SMILES string of the molecule is Cc1cc(Nc2nc(NC(CC(C)C)C(N)=O)cnc2C(N)=O)sn1. The van der Waals surface area contributed by atoms with E-state index < -0.39 is 17.9 Å². The van der Waals surface area contributed by atoms with Gasteiger partial charge in [0.1, 0.15) is 16.9 Å². The summed E-state index contributed by atoms with van der Waals surface area (Å²) in [4.78, 5) is 31.5. The molecule has 2 heterocycles. The number of nitrogens with two attached hydrogens (primary N) is 2. The quantitative estimate of drug-likeness (QED) is 0.553. The van der Waals surface area contributed by atoms with Gasteiger partial charge in [-0.15, -0.1) is 0 Å². The smallest absolute Gasteiger partial charge is 0.271 e. The molecule has 0 aliphatic rings. The van der Waals surface area contributed by atoms with Crippen molar-refractivity contribution in [3.63, 3.8) is 0 Å². The highest BCUT2D eigenvalue weighted by molar-refractivity contribution is 7.10. The Morgan fingerprint density at radius 2 is 2.04 bits per heavy atom. The molecule has 0 radical (unpaired) electrons. The first kappa shape index (κ1) is 18.6. The summed E-state index contributed by atoms with van der Waals surface area (Å²) in [5.41, 5.74) is 11.6. The molecule has 2 aromatic rings. The van der Waals surface area contributed by atoms with Gasteiger partial charge in [-0.05, 0) is 36.9 Å². The fourth-order valence-corrected chi connectivity index (χ4v) is 2.82. The summed E-state index contributed by atoms with van der Waals surface area (Å²) >= 11 is 1.22. The molecule has 0 saturated carbocycles.